The van der Waals surface area contributed by atoms with Crippen molar-refractivity contribution in [2.24, 2.45) is 0 Å². The maximum Gasteiger partial charge on any atom is 0.318 e. The lowest BCUT2D eigenvalue weighted by molar-refractivity contribution is 0.107. The zero-order valence-electron chi connectivity index (χ0n) is 13.2. The molecule has 2 aliphatic rings. The fourth-order valence-corrected chi connectivity index (χ4v) is 4.84. The molecule has 0 radical (unpaired) electrons. The van der Waals surface area contributed by atoms with Gasteiger partial charge in [0.15, 0.2) is 0 Å². The Morgan fingerprint density at radius 2 is 2.04 bits per heavy atom. The number of fused-ring (bicyclic) bond motifs is 2. The first-order valence-electron chi connectivity index (χ1n) is 8.09. The number of rotatable bonds is 4. The van der Waals surface area contributed by atoms with Crippen LogP contribution in [0.3, 0.4) is 0 Å². The highest BCUT2D eigenvalue weighted by atomic mass is 79.9. The fourth-order valence-electron chi connectivity index (χ4n) is 3.93. The van der Waals surface area contributed by atoms with Crippen molar-refractivity contribution in [1.29, 1.82) is 0 Å². The van der Waals surface area contributed by atoms with E-state index in [1.54, 1.807) is 11.8 Å². The third-order valence-corrected chi connectivity index (χ3v) is 6.27. The van der Waals surface area contributed by atoms with Crippen molar-refractivity contribution in [2.45, 2.75) is 36.2 Å². The Kier molecular flexibility index (Phi) is 4.24. The van der Waals surface area contributed by atoms with Crippen molar-refractivity contribution in [1.82, 2.24) is 14.9 Å². The molecule has 1 aromatic carbocycles. The number of hydrogen-bond donors (Lipinski definition) is 0. The number of halogens is 1. The monoisotopic (exact) mass is 393 g/mol. The molecule has 3 heterocycles. The molecule has 1 aromatic heterocycles. The van der Waals surface area contributed by atoms with Crippen molar-refractivity contribution >= 4 is 38.6 Å². The maximum absolute atomic E-state index is 6.09. The van der Waals surface area contributed by atoms with Gasteiger partial charge in [0.1, 0.15) is 11.6 Å². The van der Waals surface area contributed by atoms with Crippen LogP contribution in [-0.2, 0) is 0 Å². The summed E-state index contributed by atoms with van der Waals surface area (Å²) < 4.78 is 7.12. The summed E-state index contributed by atoms with van der Waals surface area (Å²) in [6.45, 7) is 3.14. The summed E-state index contributed by atoms with van der Waals surface area (Å²) in [7, 11) is 0. The Morgan fingerprint density at radius 1 is 1.26 bits per heavy atom. The fraction of sp³-hybridized carbons (Fsp3) is 0.529. The molecule has 2 saturated heterocycles. The highest BCUT2D eigenvalue weighted by Crippen LogP contribution is 2.39. The van der Waals surface area contributed by atoms with Gasteiger partial charge in [-0.25, -0.2) is 0 Å². The largest absolute Gasteiger partial charge is 0.461 e. The predicted octanol–water partition coefficient (Wildman–Crippen LogP) is 4.12. The minimum Gasteiger partial charge on any atom is -0.461 e. The van der Waals surface area contributed by atoms with Gasteiger partial charge in [-0.05, 0) is 63.2 Å². The van der Waals surface area contributed by atoms with E-state index >= 15 is 0 Å². The van der Waals surface area contributed by atoms with Gasteiger partial charge in [-0.1, -0.05) is 15.9 Å². The van der Waals surface area contributed by atoms with E-state index in [1.807, 2.05) is 18.4 Å². The van der Waals surface area contributed by atoms with Gasteiger partial charge in [-0.15, -0.1) is 11.8 Å². The Balaban J connectivity index is 1.61. The first-order valence-corrected chi connectivity index (χ1v) is 10.1. The lowest BCUT2D eigenvalue weighted by Crippen LogP contribution is -2.43. The maximum atomic E-state index is 6.09. The van der Waals surface area contributed by atoms with Crippen LogP contribution in [0.25, 0.3) is 10.9 Å². The lowest BCUT2D eigenvalue weighted by atomic mass is 9.95. The molecule has 0 saturated carbocycles. The van der Waals surface area contributed by atoms with Gasteiger partial charge in [0.05, 0.1) is 11.1 Å². The Hall–Kier alpha value is -0.850. The summed E-state index contributed by atoms with van der Waals surface area (Å²) in [5.74, 6) is 0. The second-order valence-corrected chi connectivity index (χ2v) is 8.09. The van der Waals surface area contributed by atoms with Crippen LogP contribution in [-0.4, -0.2) is 46.4 Å². The molecule has 2 aromatic rings. The summed E-state index contributed by atoms with van der Waals surface area (Å²) in [5.41, 5.74) is 1.16. The average Bonchev–Trinajstić information content (AvgIpc) is 3.11. The van der Waals surface area contributed by atoms with Crippen LogP contribution in [0.5, 0.6) is 6.01 Å². The van der Waals surface area contributed by atoms with Gasteiger partial charge in [-0.3, -0.25) is 4.90 Å². The zero-order valence-corrected chi connectivity index (χ0v) is 15.6. The van der Waals surface area contributed by atoms with Gasteiger partial charge in [0, 0.05) is 9.86 Å². The number of hydrogen-bond acceptors (Lipinski definition) is 5. The normalized spacial score (nSPS) is 20.1. The molecule has 2 aliphatic heterocycles. The van der Waals surface area contributed by atoms with Gasteiger partial charge >= 0.3 is 6.01 Å². The van der Waals surface area contributed by atoms with E-state index in [0.717, 1.165) is 20.4 Å². The van der Waals surface area contributed by atoms with Crippen LogP contribution >= 0.6 is 27.7 Å². The highest BCUT2D eigenvalue weighted by Gasteiger charge is 2.44. The van der Waals surface area contributed by atoms with E-state index in [0.29, 0.717) is 12.6 Å². The van der Waals surface area contributed by atoms with E-state index in [2.05, 4.69) is 36.9 Å². The molecule has 4 nitrogen and oxygen atoms in total. The van der Waals surface area contributed by atoms with Crippen LogP contribution < -0.4 is 4.74 Å². The molecule has 0 N–H and O–H groups in total. The Labute approximate surface area is 149 Å². The second kappa shape index (κ2) is 6.22. The van der Waals surface area contributed by atoms with Crippen LogP contribution in [0.15, 0.2) is 27.7 Å². The third-order valence-electron chi connectivity index (χ3n) is 5.08. The predicted molar refractivity (Wildman–Crippen MR) is 97.3 cm³/mol. The molecular weight excluding hydrogens is 374 g/mol. The summed E-state index contributed by atoms with van der Waals surface area (Å²) in [5, 5.41) is 2.05. The van der Waals surface area contributed by atoms with E-state index in [1.165, 1.54) is 38.8 Å². The van der Waals surface area contributed by atoms with Crippen LogP contribution in [0, 0.1) is 0 Å². The number of thioether (sulfide) groups is 1. The minimum absolute atomic E-state index is 0.231. The molecule has 0 aliphatic carbocycles. The second-order valence-electron chi connectivity index (χ2n) is 6.38. The lowest BCUT2D eigenvalue weighted by Gasteiger charge is -2.31. The molecule has 0 bridgehead atoms. The number of benzene rings is 1. The Morgan fingerprint density at radius 3 is 2.78 bits per heavy atom. The van der Waals surface area contributed by atoms with Gasteiger partial charge in [0.25, 0.3) is 0 Å². The number of nitrogens with zero attached hydrogens (tertiary/aromatic N) is 3. The van der Waals surface area contributed by atoms with Gasteiger partial charge < -0.3 is 4.74 Å². The average molecular weight is 394 g/mol. The van der Waals surface area contributed by atoms with E-state index in [9.17, 15) is 0 Å². The molecule has 0 unspecified atom stereocenters. The topological polar surface area (TPSA) is 38.2 Å². The van der Waals surface area contributed by atoms with Crippen molar-refractivity contribution in [3.63, 3.8) is 0 Å². The number of aromatic nitrogens is 2. The van der Waals surface area contributed by atoms with Gasteiger partial charge in [-0.2, -0.15) is 9.97 Å². The minimum atomic E-state index is 0.231. The molecule has 23 heavy (non-hydrogen) atoms. The first-order chi connectivity index (χ1) is 11.2. The third kappa shape index (κ3) is 2.85. The highest BCUT2D eigenvalue weighted by molar-refractivity contribution is 9.10. The van der Waals surface area contributed by atoms with E-state index in [4.69, 9.17) is 4.74 Å². The van der Waals surface area contributed by atoms with E-state index in [-0.39, 0.29) is 5.54 Å². The molecule has 0 amide bonds. The molecule has 2 fully saturated rings. The molecule has 0 spiro atoms. The summed E-state index contributed by atoms with van der Waals surface area (Å²) in [4.78, 5) is 11.8. The molecule has 0 atom stereocenters. The molecular formula is C17H20BrN3OS. The quantitative estimate of drug-likeness (QED) is 0.576. The van der Waals surface area contributed by atoms with Crippen LogP contribution in [0.4, 0.5) is 0 Å². The summed E-state index contributed by atoms with van der Waals surface area (Å²) in [6.07, 6.45) is 7.08. The molecule has 4 rings (SSSR count). The zero-order chi connectivity index (χ0) is 15.9. The van der Waals surface area contributed by atoms with Crippen molar-refractivity contribution in [3.8, 4) is 6.01 Å². The van der Waals surface area contributed by atoms with E-state index < -0.39 is 0 Å². The standard InChI is InChI=1S/C17H20BrN3OS/c1-23-15-13-5-4-12(18)10-14(13)19-16(20-15)22-11-17-6-2-8-21(17)9-3-7-17/h4-5,10H,2-3,6-9,11H2,1H3. The van der Waals surface area contributed by atoms with Crippen LogP contribution in [0.2, 0.25) is 0 Å². The Bertz CT molecular complexity index is 729. The SMILES string of the molecule is CSc1nc(OCC23CCCN2CCC3)nc2cc(Br)ccc12. The summed E-state index contributed by atoms with van der Waals surface area (Å²) >= 11 is 5.15. The van der Waals surface area contributed by atoms with Crippen LogP contribution in [0.1, 0.15) is 25.7 Å². The molecule has 6 heteroatoms. The van der Waals surface area contributed by atoms with Gasteiger partial charge in [0.2, 0.25) is 0 Å². The van der Waals surface area contributed by atoms with Crippen molar-refractivity contribution < 1.29 is 4.74 Å². The van der Waals surface area contributed by atoms with Crippen molar-refractivity contribution in [2.75, 3.05) is 26.0 Å². The summed E-state index contributed by atoms with van der Waals surface area (Å²) in [6, 6.07) is 6.62. The number of ether oxygens (including phenoxy) is 1. The van der Waals surface area contributed by atoms with Crippen molar-refractivity contribution in [3.05, 3.63) is 22.7 Å². The first kappa shape index (κ1) is 15.7. The smallest absolute Gasteiger partial charge is 0.318 e. The molecule has 122 valence electrons.